The molecule has 0 saturated carbocycles. The second-order valence-corrected chi connectivity index (χ2v) is 4.59. The number of rotatable bonds is 3. The summed E-state index contributed by atoms with van der Waals surface area (Å²) in [4.78, 5) is 13.2. The van der Waals surface area contributed by atoms with Crippen molar-refractivity contribution in [1.82, 2.24) is 15.0 Å². The van der Waals surface area contributed by atoms with Crippen LogP contribution in [0, 0.1) is 6.92 Å². The van der Waals surface area contributed by atoms with Gasteiger partial charge in [-0.3, -0.25) is 4.98 Å². The Kier molecular flexibility index (Phi) is 8.33. The molecule has 5 nitrogen and oxygen atoms in total. The largest absolute Gasteiger partial charge is 0.493 e. The first-order valence-corrected chi connectivity index (χ1v) is 8.53. The second-order valence-electron chi connectivity index (χ2n) is 4.59. The summed E-state index contributed by atoms with van der Waals surface area (Å²) in [5.41, 5.74) is 2.66. The summed E-state index contributed by atoms with van der Waals surface area (Å²) in [7, 11) is 3.23. The van der Waals surface area contributed by atoms with Gasteiger partial charge in [0.15, 0.2) is 17.3 Å². The lowest BCUT2D eigenvalue weighted by molar-refractivity contribution is 0.355. The average molecular weight is 341 g/mol. The third kappa shape index (κ3) is 4.66. The van der Waals surface area contributed by atoms with Gasteiger partial charge < -0.3 is 9.47 Å². The van der Waals surface area contributed by atoms with Gasteiger partial charge in [0.25, 0.3) is 0 Å². The van der Waals surface area contributed by atoms with Crippen molar-refractivity contribution in [3.63, 3.8) is 0 Å². The molecule has 0 unspecified atom stereocenters. The minimum Gasteiger partial charge on any atom is -0.493 e. The summed E-state index contributed by atoms with van der Waals surface area (Å²) in [6, 6.07) is 7.55. The van der Waals surface area contributed by atoms with Crippen molar-refractivity contribution >= 4 is 10.9 Å². The monoisotopic (exact) mass is 341 g/mol. The Bertz CT molecular complexity index is 790. The van der Waals surface area contributed by atoms with Crippen LogP contribution in [0.15, 0.2) is 36.7 Å². The molecule has 0 aliphatic rings. The number of nitrogens with zero attached hydrogens (tertiary/aromatic N) is 3. The van der Waals surface area contributed by atoms with Gasteiger partial charge in [-0.2, -0.15) is 0 Å². The van der Waals surface area contributed by atoms with Gasteiger partial charge in [0.05, 0.1) is 19.7 Å². The lowest BCUT2D eigenvalue weighted by Gasteiger charge is -2.11. The van der Waals surface area contributed by atoms with Crippen molar-refractivity contribution in [2.75, 3.05) is 14.2 Å². The zero-order valence-corrected chi connectivity index (χ0v) is 16.1. The molecular weight excluding hydrogens is 314 g/mol. The molecule has 3 rings (SSSR count). The molecule has 0 amide bonds. The fourth-order valence-electron chi connectivity index (χ4n) is 2.24. The number of ether oxygens (including phenoxy) is 2. The molecule has 0 saturated heterocycles. The van der Waals surface area contributed by atoms with Crippen LogP contribution in [0.4, 0.5) is 0 Å². The SMILES string of the molecule is CC.CC.COc1cc2nc(-c3ccncc3)nc(C)c2cc1OC. The Morgan fingerprint density at radius 3 is 1.92 bits per heavy atom. The highest BCUT2D eigenvalue weighted by Gasteiger charge is 2.11. The number of aryl methyl sites for hydroxylation is 1. The molecule has 0 atom stereocenters. The van der Waals surface area contributed by atoms with Crippen molar-refractivity contribution in [1.29, 1.82) is 0 Å². The first-order chi connectivity index (χ1) is 12.2. The number of methoxy groups -OCH3 is 2. The van der Waals surface area contributed by atoms with Gasteiger partial charge in [-0.15, -0.1) is 0 Å². The molecule has 0 spiro atoms. The molecule has 0 radical (unpaired) electrons. The molecular formula is C20H27N3O2. The van der Waals surface area contributed by atoms with E-state index < -0.39 is 0 Å². The fourth-order valence-corrected chi connectivity index (χ4v) is 2.24. The van der Waals surface area contributed by atoms with Gasteiger partial charge in [-0.05, 0) is 25.1 Å². The van der Waals surface area contributed by atoms with E-state index in [2.05, 4.69) is 15.0 Å². The Balaban J connectivity index is 0.000000730. The van der Waals surface area contributed by atoms with Crippen LogP contribution in [0.5, 0.6) is 11.5 Å². The van der Waals surface area contributed by atoms with E-state index >= 15 is 0 Å². The Morgan fingerprint density at radius 2 is 1.36 bits per heavy atom. The van der Waals surface area contributed by atoms with Crippen molar-refractivity contribution in [3.8, 4) is 22.9 Å². The lowest BCUT2D eigenvalue weighted by atomic mass is 10.1. The Hall–Kier alpha value is -2.69. The normalized spacial score (nSPS) is 9.40. The highest BCUT2D eigenvalue weighted by Crippen LogP contribution is 2.33. The molecule has 2 aromatic heterocycles. The third-order valence-corrected chi connectivity index (χ3v) is 3.33. The zero-order chi connectivity index (χ0) is 18.8. The summed E-state index contributed by atoms with van der Waals surface area (Å²) < 4.78 is 10.7. The van der Waals surface area contributed by atoms with E-state index in [0.717, 1.165) is 22.2 Å². The summed E-state index contributed by atoms with van der Waals surface area (Å²) in [6.45, 7) is 9.96. The van der Waals surface area contributed by atoms with Crippen LogP contribution < -0.4 is 9.47 Å². The number of aromatic nitrogens is 3. The van der Waals surface area contributed by atoms with E-state index in [-0.39, 0.29) is 0 Å². The quantitative estimate of drug-likeness (QED) is 0.665. The van der Waals surface area contributed by atoms with Crippen molar-refractivity contribution < 1.29 is 9.47 Å². The molecule has 0 bridgehead atoms. The van der Waals surface area contributed by atoms with Gasteiger partial charge >= 0.3 is 0 Å². The number of fused-ring (bicyclic) bond motifs is 1. The number of hydrogen-bond acceptors (Lipinski definition) is 5. The molecule has 3 aromatic rings. The first-order valence-electron chi connectivity index (χ1n) is 8.53. The van der Waals surface area contributed by atoms with E-state index in [9.17, 15) is 0 Å². The maximum Gasteiger partial charge on any atom is 0.162 e. The lowest BCUT2D eigenvalue weighted by Crippen LogP contribution is -1.97. The zero-order valence-electron chi connectivity index (χ0n) is 16.1. The molecule has 0 fully saturated rings. The summed E-state index contributed by atoms with van der Waals surface area (Å²) in [6.07, 6.45) is 3.46. The number of hydrogen-bond donors (Lipinski definition) is 0. The van der Waals surface area contributed by atoms with E-state index in [1.54, 1.807) is 26.6 Å². The van der Waals surface area contributed by atoms with Crippen LogP contribution >= 0.6 is 0 Å². The van der Waals surface area contributed by atoms with Crippen molar-refractivity contribution in [2.24, 2.45) is 0 Å². The molecule has 5 heteroatoms. The highest BCUT2D eigenvalue weighted by molar-refractivity contribution is 5.86. The maximum atomic E-state index is 5.33. The second kappa shape index (κ2) is 10.2. The molecule has 134 valence electrons. The van der Waals surface area contributed by atoms with Crippen LogP contribution in [-0.4, -0.2) is 29.2 Å². The molecule has 0 N–H and O–H groups in total. The average Bonchev–Trinajstić information content (AvgIpc) is 2.70. The summed E-state index contributed by atoms with van der Waals surface area (Å²) >= 11 is 0. The van der Waals surface area contributed by atoms with E-state index in [1.807, 2.05) is 58.9 Å². The molecule has 1 aromatic carbocycles. The van der Waals surface area contributed by atoms with E-state index in [1.165, 1.54) is 0 Å². The van der Waals surface area contributed by atoms with Crippen molar-refractivity contribution in [2.45, 2.75) is 34.6 Å². The number of pyridine rings is 1. The van der Waals surface area contributed by atoms with Crippen molar-refractivity contribution in [3.05, 3.63) is 42.4 Å². The van der Waals surface area contributed by atoms with Gasteiger partial charge in [0.2, 0.25) is 0 Å². The minimum atomic E-state index is 0.656. The summed E-state index contributed by atoms with van der Waals surface area (Å²) in [5, 5.41) is 0.949. The summed E-state index contributed by atoms with van der Waals surface area (Å²) in [5.74, 6) is 2.01. The predicted octanol–water partition coefficient (Wildman–Crippen LogP) is 5.07. The topological polar surface area (TPSA) is 57.1 Å². The van der Waals surface area contributed by atoms with Crippen LogP contribution in [0.2, 0.25) is 0 Å². The minimum absolute atomic E-state index is 0.656. The molecule has 2 heterocycles. The van der Waals surface area contributed by atoms with Gasteiger partial charge in [0, 0.05) is 35.1 Å². The standard InChI is InChI=1S/C16H15N3O2.2C2H6/c1-10-12-8-14(20-2)15(21-3)9-13(12)19-16(18-10)11-4-6-17-7-5-11;2*1-2/h4-9H,1-3H3;2*1-2H3. The third-order valence-electron chi connectivity index (χ3n) is 3.33. The maximum absolute atomic E-state index is 5.33. The van der Waals surface area contributed by atoms with Gasteiger partial charge in [-0.25, -0.2) is 9.97 Å². The van der Waals surface area contributed by atoms with E-state index in [4.69, 9.17) is 9.47 Å². The fraction of sp³-hybridized carbons (Fsp3) is 0.350. The van der Waals surface area contributed by atoms with Gasteiger partial charge in [0.1, 0.15) is 0 Å². The molecule has 0 aliphatic carbocycles. The van der Waals surface area contributed by atoms with Crippen LogP contribution in [0.3, 0.4) is 0 Å². The Morgan fingerprint density at radius 1 is 0.800 bits per heavy atom. The van der Waals surface area contributed by atoms with E-state index in [0.29, 0.717) is 17.3 Å². The predicted molar refractivity (Wildman–Crippen MR) is 103 cm³/mol. The van der Waals surface area contributed by atoms with Crippen LogP contribution in [0.25, 0.3) is 22.3 Å². The van der Waals surface area contributed by atoms with Gasteiger partial charge in [-0.1, -0.05) is 27.7 Å². The van der Waals surface area contributed by atoms with Crippen LogP contribution in [-0.2, 0) is 0 Å². The number of benzene rings is 1. The molecule has 25 heavy (non-hydrogen) atoms. The smallest absolute Gasteiger partial charge is 0.162 e. The highest BCUT2D eigenvalue weighted by atomic mass is 16.5. The first kappa shape index (κ1) is 20.4. The van der Waals surface area contributed by atoms with Crippen LogP contribution in [0.1, 0.15) is 33.4 Å². The molecule has 0 aliphatic heterocycles. The Labute approximate surface area is 150 Å².